The number of nitrogens with zero attached hydrogens (tertiary/aromatic N) is 2. The molecule has 4 heterocycles. The van der Waals surface area contributed by atoms with Gasteiger partial charge in [-0.05, 0) is 67.7 Å². The van der Waals surface area contributed by atoms with Gasteiger partial charge in [0, 0.05) is 50.4 Å². The molecule has 164 valence electrons. The first-order valence-electron chi connectivity index (χ1n) is 11.5. The zero-order valence-corrected chi connectivity index (χ0v) is 19.1. The zero-order chi connectivity index (χ0) is 20.7. The number of hydrogen-bond donors (Lipinski definition) is 0. The fourth-order valence-electron chi connectivity index (χ4n) is 6.39. The van der Waals surface area contributed by atoms with Crippen LogP contribution in [0.1, 0.15) is 48.9 Å². The topological polar surface area (TPSA) is 51.7 Å². The summed E-state index contributed by atoms with van der Waals surface area (Å²) in [6.07, 6.45) is 8.62. The minimum Gasteiger partial charge on any atom is -0.379 e. The predicted molar refractivity (Wildman–Crippen MR) is 118 cm³/mol. The number of rotatable bonds is 4. The van der Waals surface area contributed by atoms with Crippen molar-refractivity contribution in [2.24, 2.45) is 17.3 Å². The number of aryl methyl sites for hydroxylation is 1. The van der Waals surface area contributed by atoms with Gasteiger partial charge in [0.25, 0.3) is 0 Å². The molecule has 6 heteroatoms. The minimum absolute atomic E-state index is 0.141. The first-order chi connectivity index (χ1) is 14.6. The van der Waals surface area contributed by atoms with Gasteiger partial charge in [-0.15, -0.1) is 0 Å². The average Bonchev–Trinajstić information content (AvgIpc) is 3.31. The summed E-state index contributed by atoms with van der Waals surface area (Å²) in [4.78, 5) is 20.7. The van der Waals surface area contributed by atoms with Gasteiger partial charge in [-0.1, -0.05) is 6.07 Å². The molecule has 0 radical (unpaired) electrons. The number of aromatic nitrogens is 1. The summed E-state index contributed by atoms with van der Waals surface area (Å²) < 4.78 is 11.3. The summed E-state index contributed by atoms with van der Waals surface area (Å²) in [5.41, 5.74) is 3.46. The van der Waals surface area contributed by atoms with E-state index >= 15 is 0 Å². The Morgan fingerprint density at radius 2 is 2.37 bits per heavy atom. The lowest BCUT2D eigenvalue weighted by Crippen LogP contribution is -2.47. The summed E-state index contributed by atoms with van der Waals surface area (Å²) in [5.74, 6) is 2.75. The third-order valence-electron chi connectivity index (χ3n) is 7.95. The molecule has 5 atom stereocenters. The Labute approximate surface area is 184 Å². The number of carbonyl (C=O) groups excluding carboxylic acids is 1. The predicted octanol–water partition coefficient (Wildman–Crippen LogP) is 3.62. The van der Waals surface area contributed by atoms with Gasteiger partial charge in [0.1, 0.15) is 0 Å². The van der Waals surface area contributed by atoms with Crippen LogP contribution >= 0.6 is 11.8 Å². The van der Waals surface area contributed by atoms with E-state index < -0.39 is 0 Å². The number of methoxy groups -OCH3 is 1. The normalized spacial score (nSPS) is 35.9. The van der Waals surface area contributed by atoms with E-state index in [1.807, 2.05) is 18.0 Å². The first-order valence-corrected chi connectivity index (χ1v) is 12.6. The molecular formula is C24H34N2O3S. The molecule has 5 rings (SSSR count). The Bertz CT molecular complexity index is 803. The molecule has 30 heavy (non-hydrogen) atoms. The van der Waals surface area contributed by atoms with Crippen LogP contribution in [0.3, 0.4) is 0 Å². The number of thioether (sulfide) groups is 1. The third kappa shape index (κ3) is 3.69. The van der Waals surface area contributed by atoms with Crippen LogP contribution in [0.25, 0.3) is 0 Å². The Morgan fingerprint density at radius 3 is 3.23 bits per heavy atom. The molecule has 0 aromatic carbocycles. The smallest absolute Gasteiger partial charge is 0.230 e. The highest BCUT2D eigenvalue weighted by molar-refractivity contribution is 8.00. The Morgan fingerprint density at radius 1 is 1.47 bits per heavy atom. The van der Waals surface area contributed by atoms with Gasteiger partial charge in [-0.2, -0.15) is 11.8 Å². The lowest BCUT2D eigenvalue weighted by Gasteiger charge is -2.37. The van der Waals surface area contributed by atoms with Crippen molar-refractivity contribution in [2.45, 2.75) is 63.3 Å². The van der Waals surface area contributed by atoms with Crippen molar-refractivity contribution in [1.82, 2.24) is 9.88 Å². The Kier molecular flexibility index (Phi) is 5.84. The van der Waals surface area contributed by atoms with Crippen LogP contribution in [0.4, 0.5) is 0 Å². The molecule has 2 unspecified atom stereocenters. The van der Waals surface area contributed by atoms with Gasteiger partial charge in [-0.25, -0.2) is 0 Å². The maximum absolute atomic E-state index is 13.9. The van der Waals surface area contributed by atoms with Crippen molar-refractivity contribution >= 4 is 17.7 Å². The van der Waals surface area contributed by atoms with E-state index in [0.717, 1.165) is 57.7 Å². The fourth-order valence-corrected chi connectivity index (χ4v) is 8.20. The molecular weight excluding hydrogens is 396 g/mol. The molecule has 4 aliphatic rings. The lowest BCUT2D eigenvalue weighted by atomic mass is 9.78. The van der Waals surface area contributed by atoms with E-state index in [1.54, 1.807) is 7.11 Å². The zero-order valence-electron chi connectivity index (χ0n) is 18.3. The number of carbonyl (C=O) groups is 1. The second-order valence-corrected chi connectivity index (χ2v) is 11.1. The summed E-state index contributed by atoms with van der Waals surface area (Å²) in [5, 5.41) is 0.493. The minimum atomic E-state index is -0.141. The SMILES string of the molecule is COC1COCCC1C[C@@H]1C[C@H]2SCC[C@@]2(C(=O)N2CCc3ncc(C)cc3C2)C1. The van der Waals surface area contributed by atoms with E-state index in [2.05, 4.69) is 22.9 Å². The average molecular weight is 431 g/mol. The largest absolute Gasteiger partial charge is 0.379 e. The van der Waals surface area contributed by atoms with Gasteiger partial charge in [0.05, 0.1) is 18.1 Å². The van der Waals surface area contributed by atoms with Gasteiger partial charge in [0.2, 0.25) is 5.91 Å². The van der Waals surface area contributed by atoms with Crippen molar-refractivity contribution < 1.29 is 14.3 Å². The molecule has 1 aromatic heterocycles. The standard InChI is InChI=1S/C24H34N2O3S/c1-16-9-19-14-26(6-3-20(19)25-13-16)23(27)24-5-8-30-22(24)11-17(12-24)10-18-4-7-29-15-21(18)28-2/h9,13,17-18,21-22H,3-8,10-12,14-15H2,1-2H3/t17-,18?,21?,22-,24-/m1/s1. The van der Waals surface area contributed by atoms with E-state index in [9.17, 15) is 4.79 Å². The molecule has 0 spiro atoms. The van der Waals surface area contributed by atoms with Crippen molar-refractivity contribution in [2.75, 3.05) is 32.6 Å². The van der Waals surface area contributed by atoms with Crippen molar-refractivity contribution in [1.29, 1.82) is 0 Å². The summed E-state index contributed by atoms with van der Waals surface area (Å²) in [6, 6.07) is 2.22. The monoisotopic (exact) mass is 430 g/mol. The molecule has 1 saturated carbocycles. The molecule has 3 fully saturated rings. The van der Waals surface area contributed by atoms with Gasteiger partial charge in [-0.3, -0.25) is 9.78 Å². The molecule has 0 N–H and O–H groups in total. The van der Waals surface area contributed by atoms with Crippen LogP contribution in [0.2, 0.25) is 0 Å². The molecule has 5 nitrogen and oxygen atoms in total. The van der Waals surface area contributed by atoms with E-state index in [0.29, 0.717) is 23.0 Å². The molecule has 0 bridgehead atoms. The van der Waals surface area contributed by atoms with Gasteiger partial charge >= 0.3 is 0 Å². The number of hydrogen-bond acceptors (Lipinski definition) is 5. The van der Waals surface area contributed by atoms with Crippen molar-refractivity contribution in [3.8, 4) is 0 Å². The first kappa shape index (κ1) is 20.8. The van der Waals surface area contributed by atoms with Crippen molar-refractivity contribution in [3.63, 3.8) is 0 Å². The highest BCUT2D eigenvalue weighted by atomic mass is 32.2. The van der Waals surface area contributed by atoms with Crippen LogP contribution in [0.5, 0.6) is 0 Å². The van der Waals surface area contributed by atoms with E-state index in [-0.39, 0.29) is 11.5 Å². The summed E-state index contributed by atoms with van der Waals surface area (Å²) in [7, 11) is 1.81. The highest BCUT2D eigenvalue weighted by Gasteiger charge is 2.57. The van der Waals surface area contributed by atoms with E-state index in [1.165, 1.54) is 29.7 Å². The number of pyridine rings is 1. The third-order valence-corrected chi connectivity index (χ3v) is 9.44. The summed E-state index contributed by atoms with van der Waals surface area (Å²) in [6.45, 7) is 5.20. The fraction of sp³-hybridized carbons (Fsp3) is 0.750. The van der Waals surface area contributed by atoms with Crippen molar-refractivity contribution in [3.05, 3.63) is 29.1 Å². The molecule has 1 aliphatic carbocycles. The maximum atomic E-state index is 13.9. The second-order valence-electron chi connectivity index (χ2n) is 9.80. The molecule has 1 amide bonds. The number of amides is 1. The maximum Gasteiger partial charge on any atom is 0.230 e. The highest BCUT2D eigenvalue weighted by Crippen LogP contribution is 2.58. The Hall–Kier alpha value is -1.11. The molecule has 1 aromatic rings. The van der Waals surface area contributed by atoms with Crippen LogP contribution in [-0.4, -0.2) is 59.8 Å². The van der Waals surface area contributed by atoms with Crippen LogP contribution in [-0.2, 0) is 27.2 Å². The lowest BCUT2D eigenvalue weighted by molar-refractivity contribution is -0.142. The van der Waals surface area contributed by atoms with Crippen LogP contribution in [0.15, 0.2) is 12.3 Å². The van der Waals surface area contributed by atoms with Gasteiger partial charge < -0.3 is 14.4 Å². The second kappa shape index (κ2) is 8.44. The summed E-state index contributed by atoms with van der Waals surface area (Å²) >= 11 is 2.05. The molecule has 3 aliphatic heterocycles. The quantitative estimate of drug-likeness (QED) is 0.730. The number of fused-ring (bicyclic) bond motifs is 2. The van der Waals surface area contributed by atoms with E-state index in [4.69, 9.17) is 9.47 Å². The van der Waals surface area contributed by atoms with Crippen LogP contribution < -0.4 is 0 Å². The molecule has 2 saturated heterocycles. The Balaban J connectivity index is 1.30. The van der Waals surface area contributed by atoms with Gasteiger partial charge in [0.15, 0.2) is 0 Å². The van der Waals surface area contributed by atoms with Crippen LogP contribution in [0, 0.1) is 24.2 Å². The number of ether oxygens (including phenoxy) is 2.